The third kappa shape index (κ3) is 3.70. The van der Waals surface area contributed by atoms with Crippen LogP contribution in [0, 0.1) is 0 Å². The van der Waals surface area contributed by atoms with E-state index < -0.39 is 0 Å². The Morgan fingerprint density at radius 2 is 2.36 bits per heavy atom. The van der Waals surface area contributed by atoms with Gasteiger partial charge in [-0.1, -0.05) is 6.07 Å². The first-order valence-corrected chi connectivity index (χ1v) is 5.26. The lowest BCUT2D eigenvalue weighted by molar-refractivity contribution is -0.117. The molecule has 0 heterocycles. The molecular weight excluding hydrogens is 198 g/mol. The first-order chi connectivity index (χ1) is 6.72. The Morgan fingerprint density at radius 1 is 1.57 bits per heavy atom. The molecule has 3 nitrogen and oxygen atoms in total. The summed E-state index contributed by atoms with van der Waals surface area (Å²) in [5.41, 5.74) is 5.04. The lowest BCUT2D eigenvalue weighted by Crippen LogP contribution is -2.10. The van der Waals surface area contributed by atoms with Gasteiger partial charge in [-0.25, -0.2) is 0 Å². The Bertz CT molecular complexity index is 315. The molecule has 0 aromatic heterocycles. The van der Waals surface area contributed by atoms with Gasteiger partial charge < -0.3 is 10.5 Å². The van der Waals surface area contributed by atoms with Crippen molar-refractivity contribution in [2.75, 3.05) is 12.9 Å². The van der Waals surface area contributed by atoms with Gasteiger partial charge >= 0.3 is 0 Å². The van der Waals surface area contributed by atoms with E-state index >= 15 is 0 Å². The van der Waals surface area contributed by atoms with Gasteiger partial charge in [0.2, 0.25) is 5.91 Å². The summed E-state index contributed by atoms with van der Waals surface area (Å²) in [4.78, 5) is 11.6. The maximum Gasteiger partial charge on any atom is 0.218 e. The number of carbonyl (C=O) groups excluding carboxylic acids is 1. The predicted molar refractivity (Wildman–Crippen MR) is 57.5 cm³/mol. The molecule has 1 aromatic rings. The number of primary amides is 1. The zero-order valence-corrected chi connectivity index (χ0v) is 8.84. The van der Waals surface area contributed by atoms with Crippen molar-refractivity contribution in [3.8, 4) is 5.75 Å². The standard InChI is InChI=1S/C10H13NO2S/c1-13-8-3-2-4-9(7-8)14-6-5-10(11)12/h2-4,7H,5-6H2,1H3,(H2,11,12). The zero-order valence-electron chi connectivity index (χ0n) is 8.03. The van der Waals surface area contributed by atoms with E-state index in [0.29, 0.717) is 12.2 Å². The third-order valence-corrected chi connectivity index (χ3v) is 2.65. The second kappa shape index (κ2) is 5.54. The Hall–Kier alpha value is -1.16. The second-order valence-electron chi connectivity index (χ2n) is 2.74. The van der Waals surface area contributed by atoms with Crippen LogP contribution < -0.4 is 10.5 Å². The molecule has 76 valence electrons. The summed E-state index contributed by atoms with van der Waals surface area (Å²) in [5.74, 6) is 1.28. The average molecular weight is 211 g/mol. The minimum atomic E-state index is -0.264. The largest absolute Gasteiger partial charge is 0.497 e. The smallest absolute Gasteiger partial charge is 0.218 e. The van der Waals surface area contributed by atoms with Crippen molar-refractivity contribution < 1.29 is 9.53 Å². The summed E-state index contributed by atoms with van der Waals surface area (Å²) in [6.45, 7) is 0. The van der Waals surface area contributed by atoms with Crippen molar-refractivity contribution in [2.24, 2.45) is 5.73 Å². The predicted octanol–water partition coefficient (Wildman–Crippen LogP) is 1.66. The van der Waals surface area contributed by atoms with Gasteiger partial charge in [-0.15, -0.1) is 11.8 Å². The second-order valence-corrected chi connectivity index (χ2v) is 3.91. The molecule has 1 amide bonds. The molecule has 0 saturated heterocycles. The number of methoxy groups -OCH3 is 1. The van der Waals surface area contributed by atoms with Gasteiger partial charge in [-0.3, -0.25) is 4.79 Å². The normalized spacial score (nSPS) is 9.79. The number of carbonyl (C=O) groups is 1. The van der Waals surface area contributed by atoms with Gasteiger partial charge in [0, 0.05) is 17.1 Å². The van der Waals surface area contributed by atoms with Crippen LogP contribution in [0.1, 0.15) is 6.42 Å². The summed E-state index contributed by atoms with van der Waals surface area (Å²) in [5, 5.41) is 0. The quantitative estimate of drug-likeness (QED) is 0.754. The van der Waals surface area contributed by atoms with Gasteiger partial charge in [-0.05, 0) is 18.2 Å². The fourth-order valence-electron chi connectivity index (χ4n) is 0.960. The van der Waals surface area contributed by atoms with E-state index in [-0.39, 0.29) is 5.91 Å². The van der Waals surface area contributed by atoms with Gasteiger partial charge in [-0.2, -0.15) is 0 Å². The topological polar surface area (TPSA) is 52.3 Å². The van der Waals surface area contributed by atoms with E-state index in [1.54, 1.807) is 18.9 Å². The molecule has 0 unspecified atom stereocenters. The fourth-order valence-corrected chi connectivity index (χ4v) is 1.87. The van der Waals surface area contributed by atoms with E-state index in [2.05, 4.69) is 0 Å². The average Bonchev–Trinajstić information content (AvgIpc) is 2.18. The van der Waals surface area contributed by atoms with Crippen molar-refractivity contribution in [3.05, 3.63) is 24.3 Å². The molecule has 0 aliphatic rings. The molecule has 1 aromatic carbocycles. The SMILES string of the molecule is COc1cccc(SCCC(N)=O)c1. The highest BCUT2D eigenvalue weighted by Gasteiger charge is 1.98. The fraction of sp³-hybridized carbons (Fsp3) is 0.300. The number of hydrogen-bond acceptors (Lipinski definition) is 3. The highest BCUT2D eigenvalue weighted by Crippen LogP contribution is 2.22. The molecule has 0 aliphatic carbocycles. The van der Waals surface area contributed by atoms with Gasteiger partial charge in [0.25, 0.3) is 0 Å². The summed E-state index contributed by atoms with van der Waals surface area (Å²) < 4.78 is 5.08. The van der Waals surface area contributed by atoms with E-state index in [4.69, 9.17) is 10.5 Å². The van der Waals surface area contributed by atoms with Crippen LogP contribution in [0.3, 0.4) is 0 Å². The maximum atomic E-state index is 10.5. The highest BCUT2D eigenvalue weighted by molar-refractivity contribution is 7.99. The van der Waals surface area contributed by atoms with Crippen LogP contribution in [-0.4, -0.2) is 18.8 Å². The number of nitrogens with two attached hydrogens (primary N) is 1. The van der Waals surface area contributed by atoms with Crippen molar-refractivity contribution >= 4 is 17.7 Å². The van der Waals surface area contributed by atoms with Crippen molar-refractivity contribution in [3.63, 3.8) is 0 Å². The van der Waals surface area contributed by atoms with Gasteiger partial charge in [0.05, 0.1) is 7.11 Å². The van der Waals surface area contributed by atoms with Crippen LogP contribution in [0.5, 0.6) is 5.75 Å². The van der Waals surface area contributed by atoms with Crippen LogP contribution in [0.4, 0.5) is 0 Å². The molecule has 4 heteroatoms. The molecule has 0 aliphatic heterocycles. The monoisotopic (exact) mass is 211 g/mol. The molecule has 1 rings (SSSR count). The van der Waals surface area contributed by atoms with E-state index in [9.17, 15) is 4.79 Å². The molecule has 0 fully saturated rings. The molecule has 0 atom stereocenters. The number of hydrogen-bond donors (Lipinski definition) is 1. The summed E-state index contributed by atoms with van der Waals surface area (Å²) in [6.07, 6.45) is 0.405. The third-order valence-electron chi connectivity index (χ3n) is 1.66. The Labute approximate surface area is 87.6 Å². The van der Waals surface area contributed by atoms with E-state index in [0.717, 1.165) is 10.6 Å². The summed E-state index contributed by atoms with van der Waals surface area (Å²) in [7, 11) is 1.63. The Kier molecular flexibility index (Phi) is 4.32. The lowest BCUT2D eigenvalue weighted by atomic mass is 10.3. The molecule has 0 radical (unpaired) electrons. The number of ether oxygens (including phenoxy) is 1. The minimum Gasteiger partial charge on any atom is -0.497 e. The Morgan fingerprint density at radius 3 is 3.00 bits per heavy atom. The Balaban J connectivity index is 2.46. The first kappa shape index (κ1) is 10.9. The van der Waals surface area contributed by atoms with Crippen molar-refractivity contribution in [1.29, 1.82) is 0 Å². The maximum absolute atomic E-state index is 10.5. The van der Waals surface area contributed by atoms with Gasteiger partial charge in [0.15, 0.2) is 0 Å². The van der Waals surface area contributed by atoms with Crippen LogP contribution >= 0.6 is 11.8 Å². The molecule has 0 saturated carbocycles. The van der Waals surface area contributed by atoms with Crippen molar-refractivity contribution in [1.82, 2.24) is 0 Å². The van der Waals surface area contributed by atoms with Crippen LogP contribution in [-0.2, 0) is 4.79 Å². The number of benzene rings is 1. The van der Waals surface area contributed by atoms with Crippen LogP contribution in [0.25, 0.3) is 0 Å². The summed E-state index contributed by atoms with van der Waals surface area (Å²) in [6, 6.07) is 7.73. The number of thioether (sulfide) groups is 1. The number of rotatable bonds is 5. The molecule has 0 spiro atoms. The number of amides is 1. The molecule has 2 N–H and O–H groups in total. The molecule has 0 bridgehead atoms. The van der Waals surface area contributed by atoms with E-state index in [1.165, 1.54) is 0 Å². The van der Waals surface area contributed by atoms with E-state index in [1.807, 2.05) is 24.3 Å². The van der Waals surface area contributed by atoms with Crippen LogP contribution in [0.15, 0.2) is 29.2 Å². The zero-order chi connectivity index (χ0) is 10.4. The minimum absolute atomic E-state index is 0.264. The molecular formula is C10H13NO2S. The molecule has 14 heavy (non-hydrogen) atoms. The summed E-state index contributed by atoms with van der Waals surface area (Å²) >= 11 is 1.60. The highest BCUT2D eigenvalue weighted by atomic mass is 32.2. The van der Waals surface area contributed by atoms with Gasteiger partial charge in [0.1, 0.15) is 5.75 Å². The van der Waals surface area contributed by atoms with Crippen LogP contribution in [0.2, 0.25) is 0 Å². The lowest BCUT2D eigenvalue weighted by Gasteiger charge is -2.02. The van der Waals surface area contributed by atoms with Crippen molar-refractivity contribution in [2.45, 2.75) is 11.3 Å². The first-order valence-electron chi connectivity index (χ1n) is 4.27.